The zero-order valence-corrected chi connectivity index (χ0v) is 14.3. The van der Waals surface area contributed by atoms with E-state index < -0.39 is 35.7 Å². The summed E-state index contributed by atoms with van der Waals surface area (Å²) in [6.07, 6.45) is 2.37. The highest BCUT2D eigenvalue weighted by Gasteiger charge is 2.53. The van der Waals surface area contributed by atoms with Crippen molar-refractivity contribution in [3.63, 3.8) is 0 Å². The summed E-state index contributed by atoms with van der Waals surface area (Å²) in [5.74, 6) is -2.07. The molecule has 3 rings (SSSR count). The van der Waals surface area contributed by atoms with Gasteiger partial charge in [-0.3, -0.25) is 0 Å². The molecule has 0 unspecified atom stereocenters. The largest absolute Gasteiger partial charge is 0.525 e. The second-order valence-corrected chi connectivity index (χ2v) is 6.78. The Hall–Kier alpha value is -2.13. The first-order valence-corrected chi connectivity index (χ1v) is 7.70. The third-order valence-electron chi connectivity index (χ3n) is 4.45. The van der Waals surface area contributed by atoms with Gasteiger partial charge in [-0.05, 0) is 45.9 Å². The molecule has 2 aromatic rings. The van der Waals surface area contributed by atoms with E-state index in [-0.39, 0.29) is 11.4 Å². The van der Waals surface area contributed by atoms with Crippen LogP contribution in [0.15, 0.2) is 30.1 Å². The number of benzene rings is 1. The van der Waals surface area contributed by atoms with Gasteiger partial charge in [0.1, 0.15) is 17.1 Å². The van der Waals surface area contributed by atoms with E-state index in [0.29, 0.717) is 0 Å². The van der Waals surface area contributed by atoms with E-state index in [2.05, 4.69) is 10.3 Å². The summed E-state index contributed by atoms with van der Waals surface area (Å²) in [4.78, 5) is 0. The Morgan fingerprint density at radius 1 is 1.16 bits per heavy atom. The second-order valence-electron chi connectivity index (χ2n) is 6.78. The molecule has 1 saturated heterocycles. The molecule has 1 aromatic carbocycles. The van der Waals surface area contributed by atoms with Gasteiger partial charge in [-0.1, -0.05) is 11.3 Å². The summed E-state index contributed by atoms with van der Waals surface area (Å²) in [6.45, 7) is 7.24. The molecule has 1 fully saturated rings. The molecule has 1 aliphatic heterocycles. The van der Waals surface area contributed by atoms with Crippen molar-refractivity contribution in [1.82, 2.24) is 15.0 Å². The smallest absolute Gasteiger partial charge is 0.398 e. The highest BCUT2D eigenvalue weighted by atomic mass is 19.2. The summed E-state index contributed by atoms with van der Waals surface area (Å²) < 4.78 is 53.7. The lowest BCUT2D eigenvalue weighted by molar-refractivity contribution is 0.00578. The highest BCUT2D eigenvalue weighted by Crippen LogP contribution is 2.39. The third kappa shape index (κ3) is 3.21. The Morgan fingerprint density at radius 2 is 1.80 bits per heavy atom. The molecule has 0 atom stereocenters. The molecule has 1 aromatic heterocycles. The fourth-order valence-corrected chi connectivity index (χ4v) is 2.29. The number of nitrogens with zero attached hydrogens (tertiary/aromatic N) is 3. The van der Waals surface area contributed by atoms with Gasteiger partial charge >= 0.3 is 7.12 Å². The van der Waals surface area contributed by atoms with Crippen LogP contribution in [0.5, 0.6) is 0 Å². The van der Waals surface area contributed by atoms with Gasteiger partial charge in [0.15, 0.2) is 11.6 Å². The molecular weight excluding hydrogens is 334 g/mol. The first kappa shape index (κ1) is 17.7. The van der Waals surface area contributed by atoms with Gasteiger partial charge < -0.3 is 9.31 Å². The molecule has 0 aliphatic carbocycles. The van der Waals surface area contributed by atoms with Crippen molar-refractivity contribution < 1.29 is 22.5 Å². The van der Waals surface area contributed by atoms with E-state index in [0.717, 1.165) is 16.8 Å². The Kier molecular flexibility index (Phi) is 4.24. The van der Waals surface area contributed by atoms with E-state index in [1.54, 1.807) is 0 Å². The summed E-state index contributed by atoms with van der Waals surface area (Å²) in [5, 5.41) is 7.44. The third-order valence-corrected chi connectivity index (χ3v) is 4.45. The molecule has 0 radical (unpaired) electrons. The fraction of sp³-hybridized carbons (Fsp3) is 0.375. The number of aromatic nitrogens is 3. The molecule has 9 heteroatoms. The second kappa shape index (κ2) is 6.00. The van der Waals surface area contributed by atoms with E-state index in [4.69, 9.17) is 9.31 Å². The first-order chi connectivity index (χ1) is 11.6. The first-order valence-electron chi connectivity index (χ1n) is 7.70. The normalized spacial score (nSPS) is 19.5. The minimum Gasteiger partial charge on any atom is -0.398 e. The van der Waals surface area contributed by atoms with Crippen LogP contribution in [0.1, 0.15) is 33.4 Å². The number of hydrogen-bond donors (Lipinski definition) is 0. The predicted octanol–water partition coefficient (Wildman–Crippen LogP) is 3.49. The lowest BCUT2D eigenvalue weighted by Gasteiger charge is -2.32. The molecule has 0 spiro atoms. The van der Waals surface area contributed by atoms with Gasteiger partial charge in [-0.15, -0.1) is 5.10 Å². The predicted molar refractivity (Wildman–Crippen MR) is 86.4 cm³/mol. The molecule has 25 heavy (non-hydrogen) atoms. The van der Waals surface area contributed by atoms with E-state index in [9.17, 15) is 13.2 Å². The van der Waals surface area contributed by atoms with E-state index in [1.165, 1.54) is 18.3 Å². The quantitative estimate of drug-likeness (QED) is 0.795. The maximum absolute atomic E-state index is 14.4. The molecule has 1 aliphatic rings. The van der Waals surface area contributed by atoms with Crippen LogP contribution >= 0.6 is 0 Å². The summed E-state index contributed by atoms with van der Waals surface area (Å²) in [5.41, 5.74) is -2.04. The van der Waals surface area contributed by atoms with E-state index in [1.807, 2.05) is 27.7 Å². The molecule has 0 saturated carbocycles. The van der Waals surface area contributed by atoms with Crippen LogP contribution in [-0.4, -0.2) is 33.3 Å². The summed E-state index contributed by atoms with van der Waals surface area (Å²) in [6, 6.07) is 3.68. The zero-order chi connectivity index (χ0) is 18.4. The van der Waals surface area contributed by atoms with Crippen LogP contribution in [0.3, 0.4) is 0 Å². The van der Waals surface area contributed by atoms with Gasteiger partial charge in [-0.25, -0.2) is 17.9 Å². The lowest BCUT2D eigenvalue weighted by atomic mass is 9.87. The van der Waals surface area contributed by atoms with Crippen molar-refractivity contribution in [3.05, 3.63) is 47.5 Å². The lowest BCUT2D eigenvalue weighted by Crippen LogP contribution is -2.41. The Balaban J connectivity index is 1.84. The average molecular weight is 351 g/mol. The van der Waals surface area contributed by atoms with Crippen LogP contribution in [0.2, 0.25) is 0 Å². The molecule has 0 N–H and O–H groups in total. The maximum Gasteiger partial charge on any atom is 0.525 e. The van der Waals surface area contributed by atoms with Crippen LogP contribution in [0.4, 0.5) is 13.2 Å². The maximum atomic E-state index is 14.4. The highest BCUT2D eigenvalue weighted by molar-refractivity contribution is 6.54. The summed E-state index contributed by atoms with van der Waals surface area (Å²) >= 11 is 0. The number of rotatable bonds is 3. The van der Waals surface area contributed by atoms with Crippen molar-refractivity contribution in [3.8, 4) is 5.69 Å². The standard InChI is InChI=1S/C16H17BF3N3O2/c1-15(2)16(3,4)25-17(24-15)13(19)8-10-9-23(22-21-10)12-7-5-6-11(18)14(12)20/h5-9H,1-4H3. The summed E-state index contributed by atoms with van der Waals surface area (Å²) in [7, 11) is -1.17. The van der Waals surface area contributed by atoms with Crippen LogP contribution < -0.4 is 0 Å². The van der Waals surface area contributed by atoms with Crippen molar-refractivity contribution in [2.24, 2.45) is 0 Å². The Labute approximate surface area is 143 Å². The van der Waals surface area contributed by atoms with Crippen molar-refractivity contribution in [2.75, 3.05) is 0 Å². The number of hydrogen-bond acceptors (Lipinski definition) is 4. The zero-order valence-electron chi connectivity index (χ0n) is 14.3. The van der Waals surface area contributed by atoms with Crippen molar-refractivity contribution >= 4 is 13.2 Å². The van der Waals surface area contributed by atoms with Gasteiger partial charge in [-0.2, -0.15) is 0 Å². The van der Waals surface area contributed by atoms with Crippen LogP contribution in [-0.2, 0) is 9.31 Å². The fourth-order valence-electron chi connectivity index (χ4n) is 2.29. The minimum atomic E-state index is -1.17. The van der Waals surface area contributed by atoms with Gasteiger partial charge in [0, 0.05) is 0 Å². The Morgan fingerprint density at radius 3 is 2.44 bits per heavy atom. The van der Waals surface area contributed by atoms with Crippen molar-refractivity contribution in [1.29, 1.82) is 0 Å². The molecule has 2 heterocycles. The molecular formula is C16H17BF3N3O2. The monoisotopic (exact) mass is 351 g/mol. The Bertz CT molecular complexity index is 820. The molecule has 132 valence electrons. The van der Waals surface area contributed by atoms with Gasteiger partial charge in [0.05, 0.1) is 17.4 Å². The topological polar surface area (TPSA) is 49.2 Å². The number of halogens is 3. The van der Waals surface area contributed by atoms with Gasteiger partial charge in [0.25, 0.3) is 0 Å². The van der Waals surface area contributed by atoms with E-state index >= 15 is 0 Å². The minimum absolute atomic E-state index is 0.121. The SMILES string of the molecule is CC1(C)OB(C(F)=Cc2cn(-c3cccc(F)c3F)nn2)OC1(C)C. The average Bonchev–Trinajstić information content (AvgIpc) is 3.04. The van der Waals surface area contributed by atoms with Gasteiger partial charge in [0.2, 0.25) is 0 Å². The molecule has 5 nitrogen and oxygen atoms in total. The molecule has 0 bridgehead atoms. The molecule has 0 amide bonds. The van der Waals surface area contributed by atoms with Crippen LogP contribution in [0, 0.1) is 11.6 Å². The van der Waals surface area contributed by atoms with Crippen molar-refractivity contribution in [2.45, 2.75) is 38.9 Å². The van der Waals surface area contributed by atoms with Crippen LogP contribution in [0.25, 0.3) is 11.8 Å².